The highest BCUT2D eigenvalue weighted by atomic mass is 35.5. The molecule has 0 aromatic heterocycles. The van der Waals surface area contributed by atoms with Crippen molar-refractivity contribution in [3.8, 4) is 0 Å². The first kappa shape index (κ1) is 14.6. The van der Waals surface area contributed by atoms with Gasteiger partial charge >= 0.3 is 0 Å². The maximum atomic E-state index is 12.7. The van der Waals surface area contributed by atoms with Gasteiger partial charge in [-0.15, -0.1) is 0 Å². The highest BCUT2D eigenvalue weighted by Crippen LogP contribution is 2.66. The molecule has 1 N–H and O–H groups in total. The van der Waals surface area contributed by atoms with Crippen LogP contribution in [0, 0.1) is 16.7 Å². The third kappa shape index (κ3) is 2.36. The van der Waals surface area contributed by atoms with Crippen LogP contribution in [0.25, 0.3) is 0 Å². The van der Waals surface area contributed by atoms with Gasteiger partial charge in [0.05, 0.1) is 0 Å². The summed E-state index contributed by atoms with van der Waals surface area (Å²) in [6, 6.07) is 7.22. The van der Waals surface area contributed by atoms with Crippen molar-refractivity contribution in [2.45, 2.75) is 57.9 Å². The standard InChI is InChI=1S/C19H24ClNO/c1-17-7-13-8-18(2,10-17)12-19(9-13,11-17)21-16(22)14-3-5-15(20)6-4-14/h3-6,13H,7-12H2,1-2H3,(H,21,22). The number of amides is 1. The second-order valence-electron chi connectivity index (χ2n) is 8.87. The number of rotatable bonds is 2. The first-order valence-electron chi connectivity index (χ1n) is 8.37. The van der Waals surface area contributed by atoms with Crippen LogP contribution in [0.5, 0.6) is 0 Å². The molecule has 0 heterocycles. The lowest BCUT2D eigenvalue weighted by Crippen LogP contribution is -2.65. The minimum Gasteiger partial charge on any atom is -0.347 e. The average Bonchev–Trinajstić information content (AvgIpc) is 2.34. The van der Waals surface area contributed by atoms with E-state index in [-0.39, 0.29) is 11.4 Å². The van der Waals surface area contributed by atoms with E-state index >= 15 is 0 Å². The molecule has 0 aliphatic heterocycles. The van der Waals surface area contributed by atoms with E-state index in [1.165, 1.54) is 19.3 Å². The van der Waals surface area contributed by atoms with Gasteiger partial charge in [-0.3, -0.25) is 4.79 Å². The lowest BCUT2D eigenvalue weighted by molar-refractivity contribution is -0.114. The summed E-state index contributed by atoms with van der Waals surface area (Å²) in [6.07, 6.45) is 7.48. The second kappa shape index (κ2) is 4.50. The van der Waals surface area contributed by atoms with Gasteiger partial charge < -0.3 is 5.32 Å². The van der Waals surface area contributed by atoms with Crippen molar-refractivity contribution in [3.63, 3.8) is 0 Å². The van der Waals surface area contributed by atoms with E-state index in [1.54, 1.807) is 12.1 Å². The lowest BCUT2D eigenvalue weighted by atomic mass is 9.43. The Balaban J connectivity index is 1.60. The predicted molar refractivity (Wildman–Crippen MR) is 89.1 cm³/mol. The van der Waals surface area contributed by atoms with Crippen LogP contribution in [0.2, 0.25) is 5.02 Å². The van der Waals surface area contributed by atoms with Gasteiger partial charge in [0, 0.05) is 16.1 Å². The lowest BCUT2D eigenvalue weighted by Gasteiger charge is -2.65. The number of nitrogens with one attached hydrogen (secondary N) is 1. The van der Waals surface area contributed by atoms with Crippen LogP contribution in [-0.4, -0.2) is 11.4 Å². The summed E-state index contributed by atoms with van der Waals surface area (Å²) in [4.78, 5) is 12.7. The summed E-state index contributed by atoms with van der Waals surface area (Å²) in [5.41, 5.74) is 1.57. The molecule has 1 amide bonds. The van der Waals surface area contributed by atoms with Crippen molar-refractivity contribution < 1.29 is 4.79 Å². The molecule has 0 spiro atoms. The molecule has 2 nitrogen and oxygen atoms in total. The molecule has 2 unspecified atom stereocenters. The van der Waals surface area contributed by atoms with Crippen molar-refractivity contribution in [1.82, 2.24) is 5.32 Å². The van der Waals surface area contributed by atoms with E-state index in [0.717, 1.165) is 30.7 Å². The number of benzene rings is 1. The maximum absolute atomic E-state index is 12.7. The highest BCUT2D eigenvalue weighted by molar-refractivity contribution is 6.30. The van der Waals surface area contributed by atoms with Gasteiger partial charge in [-0.25, -0.2) is 0 Å². The van der Waals surface area contributed by atoms with E-state index in [9.17, 15) is 4.79 Å². The van der Waals surface area contributed by atoms with Gasteiger partial charge in [-0.1, -0.05) is 25.4 Å². The predicted octanol–water partition coefficient (Wildman–Crippen LogP) is 4.82. The fraction of sp³-hybridized carbons (Fsp3) is 0.632. The summed E-state index contributed by atoms with van der Waals surface area (Å²) in [7, 11) is 0. The maximum Gasteiger partial charge on any atom is 0.251 e. The molecule has 4 bridgehead atoms. The summed E-state index contributed by atoms with van der Waals surface area (Å²) in [5, 5.41) is 4.10. The number of hydrogen-bond acceptors (Lipinski definition) is 1. The fourth-order valence-corrected chi connectivity index (χ4v) is 6.63. The van der Waals surface area contributed by atoms with E-state index in [2.05, 4.69) is 19.2 Å². The Labute approximate surface area is 137 Å². The minimum absolute atomic E-state index is 0.0135. The molecule has 0 saturated heterocycles. The molecular weight excluding hydrogens is 294 g/mol. The summed E-state index contributed by atoms with van der Waals surface area (Å²) in [5.74, 6) is 0.850. The smallest absolute Gasteiger partial charge is 0.251 e. The van der Waals surface area contributed by atoms with Crippen LogP contribution in [0.3, 0.4) is 0 Å². The normalized spacial score (nSPS) is 42.4. The number of carbonyl (C=O) groups is 1. The molecular formula is C19H24ClNO. The molecule has 1 aromatic rings. The van der Waals surface area contributed by atoms with Crippen LogP contribution in [0.15, 0.2) is 24.3 Å². The third-order valence-electron chi connectivity index (χ3n) is 6.11. The Morgan fingerprint density at radius 1 is 1.05 bits per heavy atom. The van der Waals surface area contributed by atoms with Crippen LogP contribution in [-0.2, 0) is 0 Å². The molecule has 4 aliphatic rings. The molecule has 22 heavy (non-hydrogen) atoms. The molecule has 4 fully saturated rings. The molecule has 3 heteroatoms. The van der Waals surface area contributed by atoms with E-state index in [4.69, 9.17) is 11.6 Å². The molecule has 1 aromatic carbocycles. The zero-order valence-corrected chi connectivity index (χ0v) is 14.2. The summed E-state index contributed by atoms with van der Waals surface area (Å²) in [6.45, 7) is 4.86. The summed E-state index contributed by atoms with van der Waals surface area (Å²) < 4.78 is 0. The van der Waals surface area contributed by atoms with Gasteiger partial charge in [0.15, 0.2) is 0 Å². The monoisotopic (exact) mass is 317 g/mol. The second-order valence-corrected chi connectivity index (χ2v) is 9.31. The van der Waals surface area contributed by atoms with Crippen LogP contribution in [0.4, 0.5) is 0 Å². The fourth-order valence-electron chi connectivity index (χ4n) is 6.50. The van der Waals surface area contributed by atoms with Gasteiger partial charge in [0.2, 0.25) is 0 Å². The molecule has 2 atom stereocenters. The van der Waals surface area contributed by atoms with Crippen LogP contribution < -0.4 is 5.32 Å². The van der Waals surface area contributed by atoms with Crippen molar-refractivity contribution in [2.24, 2.45) is 16.7 Å². The topological polar surface area (TPSA) is 29.1 Å². The third-order valence-corrected chi connectivity index (χ3v) is 6.36. The van der Waals surface area contributed by atoms with Crippen molar-refractivity contribution in [3.05, 3.63) is 34.9 Å². The Hall–Kier alpha value is -1.02. The Bertz CT molecular complexity index is 605. The molecule has 4 saturated carbocycles. The van der Waals surface area contributed by atoms with Crippen molar-refractivity contribution in [2.75, 3.05) is 0 Å². The number of carbonyl (C=O) groups excluding carboxylic acids is 1. The van der Waals surface area contributed by atoms with E-state index in [0.29, 0.717) is 15.9 Å². The number of halogens is 1. The Morgan fingerprint density at radius 3 is 2.18 bits per heavy atom. The van der Waals surface area contributed by atoms with Gasteiger partial charge in [0.1, 0.15) is 0 Å². The van der Waals surface area contributed by atoms with Crippen LogP contribution >= 0.6 is 11.6 Å². The Kier molecular flexibility index (Phi) is 2.98. The summed E-state index contributed by atoms with van der Waals surface area (Å²) >= 11 is 5.92. The molecule has 118 valence electrons. The largest absolute Gasteiger partial charge is 0.347 e. The van der Waals surface area contributed by atoms with Gasteiger partial charge in [-0.2, -0.15) is 0 Å². The molecule has 5 rings (SSSR count). The zero-order chi connectivity index (χ0) is 15.6. The van der Waals surface area contributed by atoms with Crippen molar-refractivity contribution >= 4 is 17.5 Å². The van der Waals surface area contributed by atoms with Gasteiger partial charge in [-0.05, 0) is 79.5 Å². The Morgan fingerprint density at radius 2 is 1.64 bits per heavy atom. The SMILES string of the molecule is CC12CC3CC(C)(C1)CC(NC(=O)c1ccc(Cl)cc1)(C3)C2. The van der Waals surface area contributed by atoms with Crippen molar-refractivity contribution in [1.29, 1.82) is 0 Å². The highest BCUT2D eigenvalue weighted by Gasteiger charge is 2.60. The van der Waals surface area contributed by atoms with E-state index in [1.807, 2.05) is 12.1 Å². The first-order chi connectivity index (χ1) is 10.3. The average molecular weight is 318 g/mol. The molecule has 4 aliphatic carbocycles. The van der Waals surface area contributed by atoms with Crippen LogP contribution in [0.1, 0.15) is 62.7 Å². The molecule has 0 radical (unpaired) electrons. The first-order valence-corrected chi connectivity index (χ1v) is 8.75. The zero-order valence-electron chi connectivity index (χ0n) is 13.4. The van der Waals surface area contributed by atoms with E-state index < -0.39 is 0 Å². The van der Waals surface area contributed by atoms with Gasteiger partial charge in [0.25, 0.3) is 5.91 Å². The number of hydrogen-bond donors (Lipinski definition) is 1. The minimum atomic E-state index is 0.0135. The quantitative estimate of drug-likeness (QED) is 0.832.